The van der Waals surface area contributed by atoms with Crippen LogP contribution in [0.5, 0.6) is 0 Å². The molecule has 0 fully saturated rings. The predicted octanol–water partition coefficient (Wildman–Crippen LogP) is 3.16. The van der Waals surface area contributed by atoms with E-state index in [2.05, 4.69) is 10.0 Å². The molecule has 138 valence electrons. The van der Waals surface area contributed by atoms with Crippen molar-refractivity contribution in [3.05, 3.63) is 58.6 Å². The second-order valence-electron chi connectivity index (χ2n) is 5.69. The van der Waals surface area contributed by atoms with Crippen LogP contribution in [0.1, 0.15) is 29.3 Å². The van der Waals surface area contributed by atoms with Crippen molar-refractivity contribution in [3.8, 4) is 0 Å². The number of sulfonamides is 1. The Bertz CT molecular complexity index is 942. The van der Waals surface area contributed by atoms with Gasteiger partial charge in [0.2, 0.25) is 15.9 Å². The quantitative estimate of drug-likeness (QED) is 0.705. The predicted molar refractivity (Wildman–Crippen MR) is 101 cm³/mol. The van der Waals surface area contributed by atoms with Crippen molar-refractivity contribution in [2.45, 2.75) is 25.2 Å². The summed E-state index contributed by atoms with van der Waals surface area (Å²) in [6.45, 7) is 3.07. The maximum Gasteiger partial charge on any atom is 0.240 e. The Balaban J connectivity index is 1.96. The summed E-state index contributed by atoms with van der Waals surface area (Å²) in [4.78, 5) is 23.4. The van der Waals surface area contributed by atoms with Gasteiger partial charge in [-0.3, -0.25) is 9.59 Å². The molecular weight excluding hydrogens is 376 g/mol. The van der Waals surface area contributed by atoms with E-state index in [4.69, 9.17) is 11.6 Å². The molecule has 0 saturated heterocycles. The third-order valence-electron chi connectivity index (χ3n) is 3.74. The molecule has 1 amide bonds. The summed E-state index contributed by atoms with van der Waals surface area (Å²) in [5.41, 5.74) is 1.63. The SMILES string of the molecule is CC(=O)c1cccc(S(=O)(=O)NCCC(=O)Nc2cccc(Cl)c2C)c1. The highest BCUT2D eigenvalue weighted by Gasteiger charge is 2.16. The van der Waals surface area contributed by atoms with Crippen LogP contribution in [0.4, 0.5) is 5.69 Å². The minimum atomic E-state index is -3.80. The van der Waals surface area contributed by atoms with Crippen LogP contribution in [0.3, 0.4) is 0 Å². The highest BCUT2D eigenvalue weighted by atomic mass is 35.5. The molecule has 0 heterocycles. The summed E-state index contributed by atoms with van der Waals surface area (Å²) < 4.78 is 26.9. The van der Waals surface area contributed by atoms with Gasteiger partial charge in [-0.25, -0.2) is 13.1 Å². The van der Waals surface area contributed by atoms with E-state index in [1.807, 2.05) is 0 Å². The third kappa shape index (κ3) is 5.14. The summed E-state index contributed by atoms with van der Waals surface area (Å²) in [5.74, 6) is -0.561. The number of halogens is 1. The van der Waals surface area contributed by atoms with Crippen molar-refractivity contribution >= 4 is 39.0 Å². The summed E-state index contributed by atoms with van der Waals surface area (Å²) in [6.07, 6.45) is -0.0441. The zero-order valence-corrected chi connectivity index (χ0v) is 15.9. The van der Waals surface area contributed by atoms with Crippen LogP contribution in [0, 0.1) is 6.92 Å². The van der Waals surface area contributed by atoms with Crippen molar-refractivity contribution in [1.29, 1.82) is 0 Å². The molecule has 0 aliphatic carbocycles. The Hall–Kier alpha value is -2.22. The first-order valence-corrected chi connectivity index (χ1v) is 9.72. The fourth-order valence-electron chi connectivity index (χ4n) is 2.22. The lowest BCUT2D eigenvalue weighted by Crippen LogP contribution is -2.28. The first-order valence-electron chi connectivity index (χ1n) is 7.86. The first kappa shape index (κ1) is 20.1. The Labute approximate surface area is 157 Å². The molecule has 26 heavy (non-hydrogen) atoms. The topological polar surface area (TPSA) is 92.3 Å². The lowest BCUT2D eigenvalue weighted by atomic mass is 10.2. The van der Waals surface area contributed by atoms with Gasteiger partial charge in [0, 0.05) is 29.2 Å². The first-order chi connectivity index (χ1) is 12.2. The van der Waals surface area contributed by atoms with Crippen molar-refractivity contribution < 1.29 is 18.0 Å². The number of benzene rings is 2. The van der Waals surface area contributed by atoms with Gasteiger partial charge in [0.1, 0.15) is 0 Å². The molecule has 0 bridgehead atoms. The number of Topliss-reactive ketones (excluding diaryl/α,β-unsaturated/α-hetero) is 1. The van der Waals surface area contributed by atoms with Crippen LogP contribution in [0.15, 0.2) is 47.4 Å². The number of anilines is 1. The van der Waals surface area contributed by atoms with Gasteiger partial charge in [-0.05, 0) is 43.7 Å². The van der Waals surface area contributed by atoms with Crippen LogP contribution in [-0.2, 0) is 14.8 Å². The Kier molecular flexibility index (Phi) is 6.52. The monoisotopic (exact) mass is 394 g/mol. The summed E-state index contributed by atoms with van der Waals surface area (Å²) >= 11 is 6.00. The lowest BCUT2D eigenvalue weighted by Gasteiger charge is -2.10. The number of rotatable bonds is 7. The van der Waals surface area contributed by atoms with Gasteiger partial charge in [0.25, 0.3) is 0 Å². The Morgan fingerprint density at radius 3 is 2.50 bits per heavy atom. The molecule has 0 aliphatic rings. The number of carbonyl (C=O) groups excluding carboxylic acids is 2. The van der Waals surface area contributed by atoms with Gasteiger partial charge in [0.15, 0.2) is 5.78 Å². The average Bonchev–Trinajstić information content (AvgIpc) is 2.59. The Morgan fingerprint density at radius 1 is 1.12 bits per heavy atom. The van der Waals surface area contributed by atoms with Crippen LogP contribution >= 0.6 is 11.6 Å². The van der Waals surface area contributed by atoms with Gasteiger partial charge in [-0.1, -0.05) is 29.8 Å². The lowest BCUT2D eigenvalue weighted by molar-refractivity contribution is -0.116. The molecule has 8 heteroatoms. The number of nitrogens with one attached hydrogen (secondary N) is 2. The fraction of sp³-hybridized carbons (Fsp3) is 0.222. The standard InChI is InChI=1S/C18H19ClN2O4S/c1-12-16(19)7-4-8-17(12)21-18(23)9-10-20-26(24,25)15-6-3-5-14(11-15)13(2)22/h3-8,11,20H,9-10H2,1-2H3,(H,21,23). The molecule has 0 saturated carbocycles. The number of hydrogen-bond acceptors (Lipinski definition) is 4. The van der Waals surface area contributed by atoms with Gasteiger partial charge >= 0.3 is 0 Å². The average molecular weight is 395 g/mol. The van der Waals surface area contributed by atoms with Gasteiger partial charge in [-0.15, -0.1) is 0 Å². The summed E-state index contributed by atoms with van der Waals surface area (Å²) in [5, 5.41) is 3.23. The molecular formula is C18H19ClN2O4S. The number of ketones is 1. The van der Waals surface area contributed by atoms with E-state index >= 15 is 0 Å². The molecule has 2 aromatic rings. The van der Waals surface area contributed by atoms with E-state index in [1.54, 1.807) is 31.2 Å². The van der Waals surface area contributed by atoms with Gasteiger partial charge in [0.05, 0.1) is 4.90 Å². The second kappa shape index (κ2) is 8.44. The van der Waals surface area contributed by atoms with Crippen LogP contribution in [-0.4, -0.2) is 26.7 Å². The maximum absolute atomic E-state index is 12.3. The van der Waals surface area contributed by atoms with Crippen molar-refractivity contribution in [2.75, 3.05) is 11.9 Å². The minimum Gasteiger partial charge on any atom is -0.326 e. The molecule has 0 unspecified atom stereocenters. The third-order valence-corrected chi connectivity index (χ3v) is 5.60. The molecule has 2 aromatic carbocycles. The zero-order valence-electron chi connectivity index (χ0n) is 14.4. The normalized spacial score (nSPS) is 11.2. The van der Waals surface area contributed by atoms with Crippen molar-refractivity contribution in [1.82, 2.24) is 4.72 Å². The van der Waals surface area contributed by atoms with E-state index in [9.17, 15) is 18.0 Å². The molecule has 0 atom stereocenters. The number of hydrogen-bond donors (Lipinski definition) is 2. The molecule has 2 N–H and O–H groups in total. The Morgan fingerprint density at radius 2 is 1.81 bits per heavy atom. The largest absolute Gasteiger partial charge is 0.326 e. The minimum absolute atomic E-state index is 0.0173. The second-order valence-corrected chi connectivity index (χ2v) is 7.87. The van der Waals surface area contributed by atoms with Gasteiger partial charge < -0.3 is 5.32 Å². The van der Waals surface area contributed by atoms with E-state index in [0.717, 1.165) is 5.56 Å². The van der Waals surface area contributed by atoms with E-state index in [1.165, 1.54) is 25.1 Å². The molecule has 0 aliphatic heterocycles. The molecule has 0 radical (unpaired) electrons. The smallest absolute Gasteiger partial charge is 0.240 e. The number of carbonyl (C=O) groups is 2. The maximum atomic E-state index is 12.3. The zero-order chi connectivity index (χ0) is 19.3. The fourth-order valence-corrected chi connectivity index (χ4v) is 3.47. The molecule has 0 aromatic heterocycles. The number of amides is 1. The van der Waals surface area contributed by atoms with E-state index in [0.29, 0.717) is 16.3 Å². The van der Waals surface area contributed by atoms with E-state index < -0.39 is 10.0 Å². The van der Waals surface area contributed by atoms with Crippen molar-refractivity contribution in [3.63, 3.8) is 0 Å². The van der Waals surface area contributed by atoms with Crippen LogP contribution in [0.25, 0.3) is 0 Å². The summed E-state index contributed by atoms with van der Waals surface area (Å²) in [7, 11) is -3.80. The van der Waals surface area contributed by atoms with Gasteiger partial charge in [-0.2, -0.15) is 0 Å². The highest BCUT2D eigenvalue weighted by Crippen LogP contribution is 2.23. The van der Waals surface area contributed by atoms with Crippen molar-refractivity contribution in [2.24, 2.45) is 0 Å². The van der Waals surface area contributed by atoms with Crippen LogP contribution in [0.2, 0.25) is 5.02 Å². The molecule has 0 spiro atoms. The van der Waals surface area contributed by atoms with Crippen LogP contribution < -0.4 is 10.0 Å². The summed E-state index contributed by atoms with van der Waals surface area (Å²) in [6, 6.07) is 10.9. The highest BCUT2D eigenvalue weighted by molar-refractivity contribution is 7.89. The molecule has 6 nitrogen and oxygen atoms in total. The molecule has 2 rings (SSSR count). The van der Waals surface area contributed by atoms with E-state index in [-0.39, 0.29) is 29.6 Å².